The quantitative estimate of drug-likeness (QED) is 0.189. The molecule has 0 aliphatic heterocycles. The maximum Gasteiger partial charge on any atom is 0.270 e. The Morgan fingerprint density at radius 1 is 1.16 bits per heavy atom. The summed E-state index contributed by atoms with van der Waals surface area (Å²) in [5, 5.41) is 20.4. The SMILES string of the molecule is O=C(NC(=S)Nc1nc(-c2ccc(Cl)cc2Cl)cs1)c1cc2cc([N+](=O)[O-])ccc2s1. The highest BCUT2D eigenvalue weighted by Gasteiger charge is 2.15. The molecule has 0 unspecified atom stereocenters. The van der Waals surface area contributed by atoms with E-state index in [4.69, 9.17) is 35.4 Å². The van der Waals surface area contributed by atoms with E-state index in [0.717, 1.165) is 10.3 Å². The molecule has 156 valence electrons. The minimum atomic E-state index is -0.477. The van der Waals surface area contributed by atoms with Crippen LogP contribution in [-0.4, -0.2) is 20.9 Å². The van der Waals surface area contributed by atoms with Crippen LogP contribution in [0, 0.1) is 10.1 Å². The fourth-order valence-electron chi connectivity index (χ4n) is 2.70. The van der Waals surface area contributed by atoms with Gasteiger partial charge in [-0.1, -0.05) is 23.2 Å². The van der Waals surface area contributed by atoms with E-state index in [1.165, 1.54) is 34.8 Å². The van der Waals surface area contributed by atoms with Crippen molar-refractivity contribution >= 4 is 90.0 Å². The molecule has 2 N–H and O–H groups in total. The van der Waals surface area contributed by atoms with Crippen molar-refractivity contribution in [1.29, 1.82) is 0 Å². The number of thiocarbonyl (C=S) groups is 1. The topological polar surface area (TPSA) is 97.2 Å². The van der Waals surface area contributed by atoms with Crippen LogP contribution in [-0.2, 0) is 0 Å². The third-order valence-electron chi connectivity index (χ3n) is 4.09. The summed E-state index contributed by atoms with van der Waals surface area (Å²) in [5.74, 6) is -0.418. The number of rotatable bonds is 4. The van der Waals surface area contributed by atoms with Crippen molar-refractivity contribution in [3.63, 3.8) is 0 Å². The zero-order valence-electron chi connectivity index (χ0n) is 15.2. The number of carbonyl (C=O) groups is 1. The van der Waals surface area contributed by atoms with E-state index < -0.39 is 10.8 Å². The zero-order chi connectivity index (χ0) is 22.1. The number of thiophene rings is 1. The van der Waals surface area contributed by atoms with Crippen LogP contribution in [0.15, 0.2) is 47.8 Å². The van der Waals surface area contributed by atoms with Gasteiger partial charge in [0.25, 0.3) is 11.6 Å². The third kappa shape index (κ3) is 4.83. The van der Waals surface area contributed by atoms with Crippen LogP contribution in [0.1, 0.15) is 9.67 Å². The molecular weight excluding hydrogens is 499 g/mol. The second kappa shape index (κ2) is 8.85. The van der Waals surface area contributed by atoms with Gasteiger partial charge in [0.15, 0.2) is 10.2 Å². The second-order valence-electron chi connectivity index (χ2n) is 6.16. The van der Waals surface area contributed by atoms with Crippen LogP contribution >= 0.6 is 58.1 Å². The highest BCUT2D eigenvalue weighted by molar-refractivity contribution is 7.80. The van der Waals surface area contributed by atoms with Gasteiger partial charge < -0.3 is 5.32 Å². The van der Waals surface area contributed by atoms with Gasteiger partial charge in [0.2, 0.25) is 0 Å². The van der Waals surface area contributed by atoms with E-state index in [-0.39, 0.29) is 10.8 Å². The summed E-state index contributed by atoms with van der Waals surface area (Å²) in [6.45, 7) is 0. The highest BCUT2D eigenvalue weighted by atomic mass is 35.5. The number of nitro groups is 1. The standard InChI is InChI=1S/C19H10Cl2N4O3S3/c20-10-1-3-12(13(21)7-10)14-8-30-19(22-14)24-18(29)23-17(26)16-6-9-5-11(25(27)28)2-4-15(9)31-16/h1-8H,(H2,22,23,24,26,29). The number of nitro benzene ring substituents is 1. The molecule has 0 aliphatic rings. The first-order valence-electron chi connectivity index (χ1n) is 8.51. The molecule has 31 heavy (non-hydrogen) atoms. The summed E-state index contributed by atoms with van der Waals surface area (Å²) in [6.07, 6.45) is 0. The molecule has 0 spiro atoms. The number of non-ortho nitro benzene ring substituents is 1. The minimum absolute atomic E-state index is 0.0326. The van der Waals surface area contributed by atoms with E-state index in [9.17, 15) is 14.9 Å². The molecule has 2 aromatic carbocycles. The second-order valence-corrected chi connectivity index (χ2v) is 9.35. The monoisotopic (exact) mass is 508 g/mol. The number of hydrogen-bond donors (Lipinski definition) is 2. The number of thiazole rings is 1. The fraction of sp³-hybridized carbons (Fsp3) is 0. The normalized spacial score (nSPS) is 10.8. The van der Waals surface area contributed by atoms with Gasteiger partial charge >= 0.3 is 0 Å². The first kappa shape index (κ1) is 21.6. The number of fused-ring (bicyclic) bond motifs is 1. The molecule has 1 amide bonds. The molecule has 7 nitrogen and oxygen atoms in total. The van der Waals surface area contributed by atoms with Crippen molar-refractivity contribution < 1.29 is 9.72 Å². The molecule has 0 fully saturated rings. The molecule has 2 heterocycles. The number of nitrogens with zero attached hydrogens (tertiary/aromatic N) is 2. The van der Waals surface area contributed by atoms with Crippen LogP contribution in [0.2, 0.25) is 10.0 Å². The van der Waals surface area contributed by atoms with E-state index in [2.05, 4.69) is 15.6 Å². The number of aromatic nitrogens is 1. The summed E-state index contributed by atoms with van der Waals surface area (Å²) in [7, 11) is 0. The van der Waals surface area contributed by atoms with E-state index >= 15 is 0 Å². The van der Waals surface area contributed by atoms with Gasteiger partial charge in [-0.3, -0.25) is 20.2 Å². The molecule has 0 aliphatic carbocycles. The fourth-order valence-corrected chi connectivity index (χ4v) is 5.11. The maximum absolute atomic E-state index is 12.5. The largest absolute Gasteiger partial charge is 0.308 e. The van der Waals surface area contributed by atoms with Crippen LogP contribution in [0.25, 0.3) is 21.3 Å². The third-order valence-corrected chi connectivity index (χ3v) is 6.72. The number of halogens is 2. The smallest absolute Gasteiger partial charge is 0.270 e. The minimum Gasteiger partial charge on any atom is -0.308 e. The Kier molecular flexibility index (Phi) is 6.17. The highest BCUT2D eigenvalue weighted by Crippen LogP contribution is 2.32. The van der Waals surface area contributed by atoms with Gasteiger partial charge in [0.05, 0.1) is 20.5 Å². The van der Waals surface area contributed by atoms with Gasteiger partial charge in [0, 0.05) is 38.2 Å². The van der Waals surface area contributed by atoms with Crippen molar-refractivity contribution in [1.82, 2.24) is 10.3 Å². The van der Waals surface area contributed by atoms with Crippen molar-refractivity contribution in [3.8, 4) is 11.3 Å². The molecule has 4 aromatic rings. The Balaban J connectivity index is 1.44. The molecule has 0 radical (unpaired) electrons. The molecule has 0 atom stereocenters. The first-order chi connectivity index (χ1) is 14.8. The Morgan fingerprint density at radius 3 is 2.71 bits per heavy atom. The van der Waals surface area contributed by atoms with Crippen molar-refractivity contribution in [2.45, 2.75) is 0 Å². The van der Waals surface area contributed by atoms with Crippen molar-refractivity contribution in [2.24, 2.45) is 0 Å². The average molecular weight is 509 g/mol. The van der Waals surface area contributed by atoms with Gasteiger partial charge in [-0.05, 0) is 42.5 Å². The van der Waals surface area contributed by atoms with Crippen molar-refractivity contribution in [2.75, 3.05) is 5.32 Å². The Hall–Kier alpha value is -2.63. The lowest BCUT2D eigenvalue weighted by Gasteiger charge is -2.06. The molecule has 2 aromatic heterocycles. The number of nitrogens with one attached hydrogen (secondary N) is 2. The summed E-state index contributed by atoms with van der Waals surface area (Å²) >= 11 is 19.9. The molecule has 12 heteroatoms. The van der Waals surface area contributed by atoms with E-state index in [1.54, 1.807) is 35.7 Å². The molecule has 0 bridgehead atoms. The summed E-state index contributed by atoms with van der Waals surface area (Å²) in [5.41, 5.74) is 1.34. The lowest BCUT2D eigenvalue weighted by atomic mass is 10.2. The Labute approximate surface area is 198 Å². The molecule has 0 saturated carbocycles. The lowest BCUT2D eigenvalue weighted by molar-refractivity contribution is -0.384. The summed E-state index contributed by atoms with van der Waals surface area (Å²) in [6, 6.07) is 11.2. The van der Waals surface area contributed by atoms with Gasteiger partial charge in [0.1, 0.15) is 0 Å². The summed E-state index contributed by atoms with van der Waals surface area (Å²) < 4.78 is 0.763. The number of anilines is 1. The van der Waals surface area contributed by atoms with Crippen LogP contribution in [0.4, 0.5) is 10.8 Å². The van der Waals surface area contributed by atoms with Crippen LogP contribution in [0.3, 0.4) is 0 Å². The lowest BCUT2D eigenvalue weighted by Crippen LogP contribution is -2.33. The zero-order valence-corrected chi connectivity index (χ0v) is 19.2. The van der Waals surface area contributed by atoms with Crippen LogP contribution in [0.5, 0.6) is 0 Å². The summed E-state index contributed by atoms with van der Waals surface area (Å²) in [4.78, 5) is 27.8. The first-order valence-corrected chi connectivity index (χ1v) is 11.4. The van der Waals surface area contributed by atoms with Gasteiger partial charge in [-0.15, -0.1) is 22.7 Å². The number of benzene rings is 2. The number of carbonyl (C=O) groups excluding carboxylic acids is 1. The average Bonchev–Trinajstić information content (AvgIpc) is 3.34. The molecular formula is C19H10Cl2N4O3S3. The van der Waals surface area contributed by atoms with Gasteiger partial charge in [-0.25, -0.2) is 4.98 Å². The van der Waals surface area contributed by atoms with E-state index in [1.807, 2.05) is 0 Å². The van der Waals surface area contributed by atoms with Gasteiger partial charge in [-0.2, -0.15) is 0 Å². The molecule has 0 saturated heterocycles. The van der Waals surface area contributed by atoms with Crippen LogP contribution < -0.4 is 10.6 Å². The predicted molar refractivity (Wildman–Crippen MR) is 130 cm³/mol. The maximum atomic E-state index is 12.5. The van der Waals surface area contributed by atoms with Crippen molar-refractivity contribution in [3.05, 3.63) is 72.9 Å². The predicted octanol–water partition coefficient (Wildman–Crippen LogP) is 6.37. The Bertz CT molecular complexity index is 1350. The molecule has 4 rings (SSSR count). The number of amides is 1. The number of hydrogen-bond acceptors (Lipinski definition) is 7. The van der Waals surface area contributed by atoms with E-state index in [0.29, 0.717) is 31.1 Å². The Morgan fingerprint density at radius 2 is 1.97 bits per heavy atom.